The molecule has 0 saturated heterocycles. The largest absolute Gasteiger partial charge is 0.382 e. The Kier molecular flexibility index (Phi) is 7.63. The van der Waals surface area contributed by atoms with E-state index in [2.05, 4.69) is 36.5 Å². The van der Waals surface area contributed by atoms with Gasteiger partial charge in [0.15, 0.2) is 0 Å². The van der Waals surface area contributed by atoms with Crippen LogP contribution in [-0.2, 0) is 9.47 Å². The molecule has 0 spiro atoms. The lowest BCUT2D eigenvalue weighted by Gasteiger charge is -2.14. The molecule has 0 aliphatic heterocycles. The molecule has 3 heteroatoms. The predicted octanol–water partition coefficient (Wildman–Crippen LogP) is 2.39. The average Bonchev–Trinajstić information content (AvgIpc) is 2.38. The average molecular weight is 237 g/mol. The van der Waals surface area contributed by atoms with Gasteiger partial charge in [-0.15, -0.1) is 0 Å². The molecule has 1 aromatic carbocycles. The Labute approximate surface area is 104 Å². The van der Waals surface area contributed by atoms with Crippen LogP contribution in [0.1, 0.15) is 24.9 Å². The Bertz CT molecular complexity index is 277. The van der Waals surface area contributed by atoms with Crippen LogP contribution in [0.4, 0.5) is 0 Å². The van der Waals surface area contributed by atoms with Crippen molar-refractivity contribution < 1.29 is 9.47 Å². The van der Waals surface area contributed by atoms with E-state index in [1.807, 2.05) is 6.07 Å². The first kappa shape index (κ1) is 14.2. The molecule has 0 saturated carbocycles. The molecule has 3 nitrogen and oxygen atoms in total. The minimum atomic E-state index is 0.398. The highest BCUT2D eigenvalue weighted by molar-refractivity contribution is 5.17. The highest BCUT2D eigenvalue weighted by Crippen LogP contribution is 2.10. The van der Waals surface area contributed by atoms with E-state index < -0.39 is 0 Å². The van der Waals surface area contributed by atoms with Crippen LogP contribution in [0.2, 0.25) is 0 Å². The second kappa shape index (κ2) is 9.16. The molecule has 1 N–H and O–H groups in total. The van der Waals surface area contributed by atoms with Crippen molar-refractivity contribution in [1.29, 1.82) is 0 Å². The third-order valence-corrected chi connectivity index (χ3v) is 2.65. The van der Waals surface area contributed by atoms with Crippen LogP contribution in [0.15, 0.2) is 30.3 Å². The molecule has 0 aliphatic rings. The highest BCUT2D eigenvalue weighted by Gasteiger charge is 2.02. The second-order valence-corrected chi connectivity index (χ2v) is 4.05. The molecule has 0 aliphatic carbocycles. The van der Waals surface area contributed by atoms with Crippen molar-refractivity contribution in [2.24, 2.45) is 0 Å². The summed E-state index contributed by atoms with van der Waals surface area (Å²) < 4.78 is 10.3. The number of benzene rings is 1. The lowest BCUT2D eigenvalue weighted by atomic mass is 10.1. The zero-order valence-electron chi connectivity index (χ0n) is 10.8. The fourth-order valence-electron chi connectivity index (χ4n) is 1.60. The first-order chi connectivity index (χ1) is 8.34. The number of ether oxygens (including phenoxy) is 2. The van der Waals surface area contributed by atoms with Crippen molar-refractivity contribution in [3.63, 3.8) is 0 Å². The van der Waals surface area contributed by atoms with Crippen LogP contribution >= 0.6 is 0 Å². The van der Waals surface area contributed by atoms with Crippen molar-refractivity contribution in [2.75, 3.05) is 33.5 Å². The topological polar surface area (TPSA) is 30.5 Å². The van der Waals surface area contributed by atoms with Gasteiger partial charge in [0.25, 0.3) is 0 Å². The Morgan fingerprint density at radius 2 is 1.88 bits per heavy atom. The minimum absolute atomic E-state index is 0.398. The third kappa shape index (κ3) is 6.41. The standard InChI is InChI=1S/C14H23NO2/c1-13(14-7-4-3-5-8-14)15-9-6-10-17-12-11-16-2/h3-5,7-8,13,15H,6,9-12H2,1-2H3/t13-/m1/s1. The SMILES string of the molecule is COCCOCCCN[C@H](C)c1ccccc1. The summed E-state index contributed by atoms with van der Waals surface area (Å²) in [5.74, 6) is 0. The molecular weight excluding hydrogens is 214 g/mol. The van der Waals surface area contributed by atoms with Gasteiger partial charge in [-0.1, -0.05) is 30.3 Å². The Balaban J connectivity index is 2.03. The normalized spacial score (nSPS) is 12.6. The molecule has 17 heavy (non-hydrogen) atoms. The maximum atomic E-state index is 5.40. The summed E-state index contributed by atoms with van der Waals surface area (Å²) in [7, 11) is 1.69. The van der Waals surface area contributed by atoms with Crippen molar-refractivity contribution in [3.05, 3.63) is 35.9 Å². The van der Waals surface area contributed by atoms with Crippen LogP contribution in [-0.4, -0.2) is 33.5 Å². The zero-order valence-corrected chi connectivity index (χ0v) is 10.8. The molecule has 1 atom stereocenters. The van der Waals surface area contributed by atoms with E-state index in [1.54, 1.807) is 7.11 Å². The van der Waals surface area contributed by atoms with Crippen LogP contribution < -0.4 is 5.32 Å². The minimum Gasteiger partial charge on any atom is -0.382 e. The number of hydrogen-bond donors (Lipinski definition) is 1. The van der Waals surface area contributed by atoms with Gasteiger partial charge in [0.1, 0.15) is 0 Å². The van der Waals surface area contributed by atoms with Crippen molar-refractivity contribution in [2.45, 2.75) is 19.4 Å². The van der Waals surface area contributed by atoms with E-state index in [1.165, 1.54) is 5.56 Å². The van der Waals surface area contributed by atoms with Crippen LogP contribution in [0, 0.1) is 0 Å². The summed E-state index contributed by atoms with van der Waals surface area (Å²) in [6, 6.07) is 10.9. The Morgan fingerprint density at radius 1 is 1.12 bits per heavy atom. The monoisotopic (exact) mass is 237 g/mol. The first-order valence-electron chi connectivity index (χ1n) is 6.19. The maximum absolute atomic E-state index is 5.40. The summed E-state index contributed by atoms with van der Waals surface area (Å²) in [4.78, 5) is 0. The smallest absolute Gasteiger partial charge is 0.0700 e. The van der Waals surface area contributed by atoms with E-state index in [9.17, 15) is 0 Å². The molecule has 0 bridgehead atoms. The van der Waals surface area contributed by atoms with E-state index in [0.717, 1.165) is 19.6 Å². The molecule has 1 rings (SSSR count). The van der Waals surface area contributed by atoms with Gasteiger partial charge in [0.2, 0.25) is 0 Å². The van der Waals surface area contributed by atoms with Gasteiger partial charge in [0, 0.05) is 19.8 Å². The second-order valence-electron chi connectivity index (χ2n) is 4.05. The Morgan fingerprint density at radius 3 is 2.59 bits per heavy atom. The first-order valence-corrected chi connectivity index (χ1v) is 6.19. The molecule has 1 aromatic rings. The van der Waals surface area contributed by atoms with Gasteiger partial charge >= 0.3 is 0 Å². The van der Waals surface area contributed by atoms with E-state index >= 15 is 0 Å². The maximum Gasteiger partial charge on any atom is 0.0700 e. The number of hydrogen-bond acceptors (Lipinski definition) is 3. The van der Waals surface area contributed by atoms with Gasteiger partial charge in [0.05, 0.1) is 13.2 Å². The molecular formula is C14H23NO2. The molecule has 0 unspecified atom stereocenters. The molecule has 0 fully saturated rings. The van der Waals surface area contributed by atoms with E-state index in [-0.39, 0.29) is 0 Å². The summed E-state index contributed by atoms with van der Waals surface area (Å²) in [6.45, 7) is 5.31. The molecule has 96 valence electrons. The highest BCUT2D eigenvalue weighted by atomic mass is 16.5. The molecule has 0 aromatic heterocycles. The molecule has 0 radical (unpaired) electrons. The summed E-state index contributed by atoms with van der Waals surface area (Å²) in [5, 5.41) is 3.48. The summed E-state index contributed by atoms with van der Waals surface area (Å²) in [6.07, 6.45) is 1.03. The van der Waals surface area contributed by atoms with Crippen molar-refractivity contribution in [1.82, 2.24) is 5.32 Å². The predicted molar refractivity (Wildman–Crippen MR) is 70.2 cm³/mol. The Hall–Kier alpha value is -0.900. The van der Waals surface area contributed by atoms with Crippen LogP contribution in [0.5, 0.6) is 0 Å². The zero-order chi connectivity index (χ0) is 12.3. The number of methoxy groups -OCH3 is 1. The molecule has 0 amide bonds. The number of rotatable bonds is 9. The fourth-order valence-corrected chi connectivity index (χ4v) is 1.60. The summed E-state index contributed by atoms with van der Waals surface area (Å²) in [5.41, 5.74) is 1.33. The van der Waals surface area contributed by atoms with Gasteiger partial charge in [-0.05, 0) is 25.5 Å². The van der Waals surface area contributed by atoms with Gasteiger partial charge in [-0.2, -0.15) is 0 Å². The van der Waals surface area contributed by atoms with Crippen molar-refractivity contribution in [3.8, 4) is 0 Å². The van der Waals surface area contributed by atoms with Gasteiger partial charge in [-0.25, -0.2) is 0 Å². The number of nitrogens with one attached hydrogen (secondary N) is 1. The third-order valence-electron chi connectivity index (χ3n) is 2.65. The van der Waals surface area contributed by atoms with Gasteiger partial charge < -0.3 is 14.8 Å². The lowest BCUT2D eigenvalue weighted by molar-refractivity contribution is 0.0693. The van der Waals surface area contributed by atoms with Gasteiger partial charge in [-0.3, -0.25) is 0 Å². The van der Waals surface area contributed by atoms with Crippen molar-refractivity contribution >= 4 is 0 Å². The van der Waals surface area contributed by atoms with E-state index in [0.29, 0.717) is 19.3 Å². The summed E-state index contributed by atoms with van der Waals surface area (Å²) >= 11 is 0. The molecule has 0 heterocycles. The van der Waals surface area contributed by atoms with Crippen LogP contribution in [0.3, 0.4) is 0 Å². The van der Waals surface area contributed by atoms with E-state index in [4.69, 9.17) is 9.47 Å². The van der Waals surface area contributed by atoms with Crippen LogP contribution in [0.25, 0.3) is 0 Å². The quantitative estimate of drug-likeness (QED) is 0.669. The lowest BCUT2D eigenvalue weighted by Crippen LogP contribution is -2.21. The fraction of sp³-hybridized carbons (Fsp3) is 0.571.